The molecule has 12 heavy (non-hydrogen) atoms. The molecule has 0 radical (unpaired) electrons. The first kappa shape index (κ1) is 9.75. The summed E-state index contributed by atoms with van der Waals surface area (Å²) in [5.41, 5.74) is -1.43. The molecule has 0 aromatic heterocycles. The highest BCUT2D eigenvalue weighted by Crippen LogP contribution is 2.33. The smallest absolute Gasteiger partial charge is 0.0852 e. The first-order chi connectivity index (χ1) is 5.36. The summed E-state index contributed by atoms with van der Waals surface area (Å²) < 4.78 is 0. The van der Waals surface area contributed by atoms with Gasteiger partial charge in [0.25, 0.3) is 0 Å². The Bertz CT molecular complexity index is 194. The van der Waals surface area contributed by atoms with Crippen molar-refractivity contribution >= 4 is 0 Å². The molecule has 0 spiro atoms. The van der Waals surface area contributed by atoms with Crippen LogP contribution < -0.4 is 0 Å². The lowest BCUT2D eigenvalue weighted by atomic mass is 9.77. The lowest BCUT2D eigenvalue weighted by molar-refractivity contribution is -0.00853. The van der Waals surface area contributed by atoms with E-state index < -0.39 is 11.2 Å². The second-order valence-electron chi connectivity index (χ2n) is 4.34. The molecule has 0 bridgehead atoms. The molecule has 70 valence electrons. The summed E-state index contributed by atoms with van der Waals surface area (Å²) in [5, 5.41) is 19.6. The molecule has 0 saturated carbocycles. The van der Waals surface area contributed by atoms with Crippen LogP contribution in [0.15, 0.2) is 12.2 Å². The Balaban J connectivity index is 2.77. The van der Waals surface area contributed by atoms with Crippen molar-refractivity contribution in [2.75, 3.05) is 0 Å². The summed E-state index contributed by atoms with van der Waals surface area (Å²) >= 11 is 0. The topological polar surface area (TPSA) is 40.5 Å². The molecule has 1 rings (SSSR count). The molecule has 0 aromatic rings. The van der Waals surface area contributed by atoms with E-state index in [9.17, 15) is 10.2 Å². The van der Waals surface area contributed by atoms with Crippen LogP contribution >= 0.6 is 0 Å². The second-order valence-corrected chi connectivity index (χ2v) is 4.34. The van der Waals surface area contributed by atoms with E-state index in [2.05, 4.69) is 0 Å². The molecule has 0 saturated heterocycles. The van der Waals surface area contributed by atoms with Crippen LogP contribution in [-0.2, 0) is 0 Å². The Hall–Kier alpha value is -0.340. The van der Waals surface area contributed by atoms with Gasteiger partial charge in [-0.15, -0.1) is 0 Å². The van der Waals surface area contributed by atoms with Crippen LogP contribution in [0.5, 0.6) is 0 Å². The van der Waals surface area contributed by atoms with E-state index in [0.29, 0.717) is 12.8 Å². The number of rotatable bonds is 1. The maximum absolute atomic E-state index is 9.98. The van der Waals surface area contributed by atoms with Crippen molar-refractivity contribution in [2.24, 2.45) is 5.92 Å². The van der Waals surface area contributed by atoms with E-state index in [4.69, 9.17) is 0 Å². The van der Waals surface area contributed by atoms with Gasteiger partial charge >= 0.3 is 0 Å². The lowest BCUT2D eigenvalue weighted by Gasteiger charge is -2.36. The third-order valence-corrected chi connectivity index (χ3v) is 2.76. The normalized spacial score (nSPS) is 42.2. The minimum Gasteiger partial charge on any atom is -0.386 e. The minimum absolute atomic E-state index is 0.213. The molecule has 0 aliphatic heterocycles. The van der Waals surface area contributed by atoms with Crippen molar-refractivity contribution in [1.82, 2.24) is 0 Å². The molecule has 1 aliphatic carbocycles. The van der Waals surface area contributed by atoms with E-state index in [-0.39, 0.29) is 5.92 Å². The molecule has 2 N–H and O–H groups in total. The van der Waals surface area contributed by atoms with Crippen molar-refractivity contribution in [3.63, 3.8) is 0 Å². The minimum atomic E-state index is -0.721. The predicted octanol–water partition coefficient (Wildman–Crippen LogP) is 1.47. The van der Waals surface area contributed by atoms with Gasteiger partial charge in [-0.3, -0.25) is 0 Å². The van der Waals surface area contributed by atoms with Crippen LogP contribution in [0.2, 0.25) is 0 Å². The van der Waals surface area contributed by atoms with Gasteiger partial charge in [0.2, 0.25) is 0 Å². The summed E-state index contributed by atoms with van der Waals surface area (Å²) in [7, 11) is 0. The predicted molar refractivity (Wildman–Crippen MR) is 48.8 cm³/mol. The van der Waals surface area contributed by atoms with Crippen LogP contribution in [0.1, 0.15) is 33.6 Å². The number of hydrogen-bond acceptors (Lipinski definition) is 2. The van der Waals surface area contributed by atoms with Gasteiger partial charge in [-0.2, -0.15) is 0 Å². The van der Waals surface area contributed by atoms with Crippen molar-refractivity contribution in [1.29, 1.82) is 0 Å². The molecule has 0 heterocycles. The number of hydrogen-bond donors (Lipinski definition) is 2. The van der Waals surface area contributed by atoms with E-state index in [1.54, 1.807) is 19.1 Å². The van der Waals surface area contributed by atoms with Gasteiger partial charge in [0, 0.05) is 0 Å². The van der Waals surface area contributed by atoms with Crippen molar-refractivity contribution in [2.45, 2.75) is 44.8 Å². The highest BCUT2D eigenvalue weighted by Gasteiger charge is 2.35. The molecule has 1 aliphatic rings. The Labute approximate surface area is 73.9 Å². The molecule has 2 atom stereocenters. The van der Waals surface area contributed by atoms with Gasteiger partial charge in [0.05, 0.1) is 11.2 Å². The lowest BCUT2D eigenvalue weighted by Crippen LogP contribution is -2.40. The average molecular weight is 170 g/mol. The highest BCUT2D eigenvalue weighted by atomic mass is 16.3. The van der Waals surface area contributed by atoms with E-state index >= 15 is 0 Å². The maximum atomic E-state index is 9.98. The third kappa shape index (κ3) is 1.87. The highest BCUT2D eigenvalue weighted by molar-refractivity contribution is 5.14. The molecular formula is C10H18O2. The Morgan fingerprint density at radius 3 is 2.08 bits per heavy atom. The molecule has 2 heteroatoms. The van der Waals surface area contributed by atoms with Gasteiger partial charge in [0.15, 0.2) is 0 Å². The summed E-state index contributed by atoms with van der Waals surface area (Å²) in [5.74, 6) is 0.213. The zero-order chi connectivity index (χ0) is 9.41. The van der Waals surface area contributed by atoms with Crippen LogP contribution in [-0.4, -0.2) is 21.4 Å². The molecule has 2 unspecified atom stereocenters. The first-order valence-electron chi connectivity index (χ1n) is 4.51. The zero-order valence-corrected chi connectivity index (χ0v) is 8.04. The third-order valence-electron chi connectivity index (χ3n) is 2.76. The standard InChI is InChI=1S/C10H18O2/c1-8(2)10(12)6-4-9(3,11)5-7-10/h4,6,8,11-12H,5,7H2,1-3H3. The van der Waals surface area contributed by atoms with E-state index in [1.807, 2.05) is 13.8 Å². The van der Waals surface area contributed by atoms with Crippen molar-refractivity contribution in [3.05, 3.63) is 12.2 Å². The fourth-order valence-electron chi connectivity index (χ4n) is 1.42. The molecular weight excluding hydrogens is 152 g/mol. The Kier molecular flexibility index (Phi) is 2.32. The molecule has 2 nitrogen and oxygen atoms in total. The fourth-order valence-corrected chi connectivity index (χ4v) is 1.42. The van der Waals surface area contributed by atoms with Gasteiger partial charge in [-0.1, -0.05) is 26.0 Å². The Morgan fingerprint density at radius 1 is 1.17 bits per heavy atom. The summed E-state index contributed by atoms with van der Waals surface area (Å²) in [6, 6.07) is 0. The summed E-state index contributed by atoms with van der Waals surface area (Å²) in [6.07, 6.45) is 4.73. The van der Waals surface area contributed by atoms with Crippen LogP contribution in [0.25, 0.3) is 0 Å². The average Bonchev–Trinajstić information content (AvgIpc) is 1.96. The van der Waals surface area contributed by atoms with Crippen LogP contribution in [0, 0.1) is 5.92 Å². The van der Waals surface area contributed by atoms with E-state index in [0.717, 1.165) is 0 Å². The summed E-state index contributed by atoms with van der Waals surface area (Å²) in [4.78, 5) is 0. The first-order valence-corrected chi connectivity index (χ1v) is 4.51. The fraction of sp³-hybridized carbons (Fsp3) is 0.800. The molecule has 0 fully saturated rings. The largest absolute Gasteiger partial charge is 0.386 e. The van der Waals surface area contributed by atoms with E-state index in [1.165, 1.54) is 0 Å². The zero-order valence-electron chi connectivity index (χ0n) is 8.04. The van der Waals surface area contributed by atoms with Crippen molar-refractivity contribution in [3.8, 4) is 0 Å². The van der Waals surface area contributed by atoms with Crippen LogP contribution in [0.3, 0.4) is 0 Å². The molecule has 0 amide bonds. The Morgan fingerprint density at radius 2 is 1.75 bits per heavy atom. The monoisotopic (exact) mass is 170 g/mol. The summed E-state index contributed by atoms with van der Waals surface area (Å²) in [6.45, 7) is 5.75. The van der Waals surface area contributed by atoms with Gasteiger partial charge < -0.3 is 10.2 Å². The van der Waals surface area contributed by atoms with Gasteiger partial charge in [-0.05, 0) is 25.7 Å². The number of aliphatic hydroxyl groups is 2. The van der Waals surface area contributed by atoms with Gasteiger partial charge in [0.1, 0.15) is 0 Å². The second kappa shape index (κ2) is 2.86. The van der Waals surface area contributed by atoms with Crippen LogP contribution in [0.4, 0.5) is 0 Å². The van der Waals surface area contributed by atoms with Gasteiger partial charge in [-0.25, -0.2) is 0 Å². The van der Waals surface area contributed by atoms with Crippen molar-refractivity contribution < 1.29 is 10.2 Å². The maximum Gasteiger partial charge on any atom is 0.0852 e. The quantitative estimate of drug-likeness (QED) is 0.585. The SMILES string of the molecule is CC(C)C1(O)C=CC(C)(O)CC1. The molecule has 0 aromatic carbocycles.